The van der Waals surface area contributed by atoms with Crippen LogP contribution < -0.4 is 9.47 Å². The van der Waals surface area contributed by atoms with Crippen LogP contribution in [0.15, 0.2) is 97.1 Å². The third kappa shape index (κ3) is 6.10. The highest BCUT2D eigenvalue weighted by atomic mass is 16.7. The molecule has 4 rings (SSSR count). The number of phenols is 1. The number of carbonyl (C=O) groups is 1. The van der Waals surface area contributed by atoms with Gasteiger partial charge in [-0.3, -0.25) is 10.1 Å². The quantitative estimate of drug-likeness (QED) is 0.0861. The van der Waals surface area contributed by atoms with Gasteiger partial charge in [0.25, 0.3) is 5.69 Å². The normalized spacial score (nSPS) is 12.3. The Morgan fingerprint density at radius 2 is 1.50 bits per heavy atom. The molecule has 1 N–H and O–H groups in total. The minimum absolute atomic E-state index is 0.0246. The Kier molecular flexibility index (Phi) is 8.23. The molecule has 0 saturated carbocycles. The molecule has 2 unspecified atom stereocenters. The molecular weight excluding hydrogens is 486 g/mol. The average Bonchev–Trinajstić information content (AvgIpc) is 2.94. The molecule has 0 aromatic heterocycles. The van der Waals surface area contributed by atoms with Crippen LogP contribution in [0.3, 0.4) is 0 Å². The third-order valence-corrected chi connectivity index (χ3v) is 6.21. The Balaban J connectivity index is 1.47. The van der Waals surface area contributed by atoms with Crippen molar-refractivity contribution >= 4 is 11.8 Å². The molecule has 0 fully saturated rings. The summed E-state index contributed by atoms with van der Waals surface area (Å²) in [6.45, 7) is 1.66. The Labute approximate surface area is 220 Å². The second-order valence-corrected chi connectivity index (χ2v) is 8.72. The standard InChI is InChI=1S/C30H27NO7/c1-20(25-10-6-7-11-27(25)31(34)35)19-37-30(33)38-23-14-12-22(13-15-23)29(21-8-4-3-5-9-21)26-17-16-24(36-2)18-28(26)32/h3-18,20,29,32H,19H2,1-2H3. The molecule has 0 aliphatic carbocycles. The molecule has 38 heavy (non-hydrogen) atoms. The lowest BCUT2D eigenvalue weighted by molar-refractivity contribution is -0.385. The van der Waals surface area contributed by atoms with E-state index in [0.717, 1.165) is 11.1 Å². The first-order chi connectivity index (χ1) is 18.4. The van der Waals surface area contributed by atoms with Gasteiger partial charge in [0.2, 0.25) is 0 Å². The highest BCUT2D eigenvalue weighted by Gasteiger charge is 2.22. The summed E-state index contributed by atoms with van der Waals surface area (Å²) in [4.78, 5) is 23.1. The van der Waals surface area contributed by atoms with E-state index in [-0.39, 0.29) is 29.7 Å². The van der Waals surface area contributed by atoms with E-state index in [9.17, 15) is 20.0 Å². The lowest BCUT2D eigenvalue weighted by Gasteiger charge is -2.20. The van der Waals surface area contributed by atoms with Gasteiger partial charge in [0.15, 0.2) is 0 Å². The summed E-state index contributed by atoms with van der Waals surface area (Å²) in [5, 5.41) is 22.0. The Bertz CT molecular complexity index is 1400. The van der Waals surface area contributed by atoms with E-state index in [4.69, 9.17) is 14.2 Å². The van der Waals surface area contributed by atoms with E-state index in [1.54, 1.807) is 56.5 Å². The molecule has 2 atom stereocenters. The third-order valence-electron chi connectivity index (χ3n) is 6.21. The van der Waals surface area contributed by atoms with Crippen molar-refractivity contribution in [1.29, 1.82) is 0 Å². The summed E-state index contributed by atoms with van der Waals surface area (Å²) in [6, 6.07) is 28.2. The van der Waals surface area contributed by atoms with E-state index >= 15 is 0 Å². The number of carbonyl (C=O) groups excluding carboxylic acids is 1. The number of rotatable bonds is 9. The summed E-state index contributed by atoms with van der Waals surface area (Å²) in [6.07, 6.45) is -0.907. The molecule has 0 aliphatic heterocycles. The van der Waals surface area contributed by atoms with Gasteiger partial charge < -0.3 is 19.3 Å². The van der Waals surface area contributed by atoms with Gasteiger partial charge in [-0.25, -0.2) is 4.79 Å². The number of nitro benzene ring substituents is 1. The van der Waals surface area contributed by atoms with Crippen LogP contribution in [0.4, 0.5) is 10.5 Å². The van der Waals surface area contributed by atoms with Crippen molar-refractivity contribution < 1.29 is 29.0 Å². The first-order valence-corrected chi connectivity index (χ1v) is 12.0. The molecule has 8 heteroatoms. The number of ether oxygens (including phenoxy) is 3. The van der Waals surface area contributed by atoms with E-state index in [1.165, 1.54) is 6.07 Å². The number of phenolic OH excluding ortho intramolecular Hbond substituents is 1. The van der Waals surface area contributed by atoms with E-state index < -0.39 is 17.0 Å². The number of nitro groups is 1. The van der Waals surface area contributed by atoms with Crippen molar-refractivity contribution in [2.45, 2.75) is 18.8 Å². The Morgan fingerprint density at radius 3 is 2.16 bits per heavy atom. The maximum Gasteiger partial charge on any atom is 0.513 e. The van der Waals surface area contributed by atoms with Crippen molar-refractivity contribution in [3.8, 4) is 17.2 Å². The van der Waals surface area contributed by atoms with Crippen LogP contribution in [0, 0.1) is 10.1 Å². The van der Waals surface area contributed by atoms with Crippen LogP contribution >= 0.6 is 0 Å². The Hall–Kier alpha value is -4.85. The molecule has 0 radical (unpaired) electrons. The zero-order valence-electron chi connectivity index (χ0n) is 20.9. The summed E-state index contributed by atoms with van der Waals surface area (Å²) in [5.74, 6) is 0.273. The monoisotopic (exact) mass is 513 g/mol. The number of nitrogens with zero attached hydrogens (tertiary/aromatic N) is 1. The topological polar surface area (TPSA) is 108 Å². The van der Waals surface area contributed by atoms with Crippen molar-refractivity contribution in [3.05, 3.63) is 129 Å². The summed E-state index contributed by atoms with van der Waals surface area (Å²) >= 11 is 0. The maximum atomic E-state index is 12.3. The molecule has 0 spiro atoms. The van der Waals surface area contributed by atoms with E-state index in [2.05, 4.69) is 0 Å². The summed E-state index contributed by atoms with van der Waals surface area (Å²) in [5.41, 5.74) is 3.01. The fourth-order valence-corrected chi connectivity index (χ4v) is 4.30. The largest absolute Gasteiger partial charge is 0.513 e. The van der Waals surface area contributed by atoms with Gasteiger partial charge in [-0.15, -0.1) is 0 Å². The van der Waals surface area contributed by atoms with Crippen LogP contribution in [-0.4, -0.2) is 29.9 Å². The lowest BCUT2D eigenvalue weighted by atomic mass is 9.84. The highest BCUT2D eigenvalue weighted by molar-refractivity contribution is 5.64. The zero-order chi connectivity index (χ0) is 27.1. The van der Waals surface area contributed by atoms with Gasteiger partial charge in [0, 0.05) is 35.1 Å². The SMILES string of the molecule is COc1ccc(C(c2ccccc2)c2ccc(OC(=O)OCC(C)c3ccccc3[N+](=O)[O-])cc2)c(O)c1. The van der Waals surface area contributed by atoms with Gasteiger partial charge in [-0.2, -0.15) is 0 Å². The molecule has 0 aliphatic rings. The van der Waals surface area contributed by atoms with Crippen LogP contribution in [0.2, 0.25) is 0 Å². The maximum absolute atomic E-state index is 12.3. The van der Waals surface area contributed by atoms with Gasteiger partial charge in [-0.1, -0.05) is 73.7 Å². The second-order valence-electron chi connectivity index (χ2n) is 8.72. The molecule has 4 aromatic carbocycles. The predicted molar refractivity (Wildman–Crippen MR) is 142 cm³/mol. The van der Waals surface area contributed by atoms with Gasteiger partial charge >= 0.3 is 6.16 Å². The number of hydrogen-bond donors (Lipinski definition) is 1. The van der Waals surface area contributed by atoms with Gasteiger partial charge in [0.1, 0.15) is 23.9 Å². The average molecular weight is 514 g/mol. The van der Waals surface area contributed by atoms with Crippen LogP contribution in [0.5, 0.6) is 17.2 Å². The minimum Gasteiger partial charge on any atom is -0.507 e. The molecule has 0 bridgehead atoms. The van der Waals surface area contributed by atoms with Crippen molar-refractivity contribution in [1.82, 2.24) is 0 Å². The molecule has 4 aromatic rings. The van der Waals surface area contributed by atoms with E-state index in [1.807, 2.05) is 48.5 Å². The molecule has 8 nitrogen and oxygen atoms in total. The number of hydrogen-bond acceptors (Lipinski definition) is 7. The molecule has 0 heterocycles. The number of benzene rings is 4. The summed E-state index contributed by atoms with van der Waals surface area (Å²) in [7, 11) is 1.54. The lowest BCUT2D eigenvalue weighted by Crippen LogP contribution is -2.15. The Morgan fingerprint density at radius 1 is 0.868 bits per heavy atom. The molecular formula is C30H27NO7. The van der Waals surface area contributed by atoms with Crippen LogP contribution in [0.1, 0.15) is 41.0 Å². The zero-order valence-corrected chi connectivity index (χ0v) is 20.9. The van der Waals surface area contributed by atoms with Crippen LogP contribution in [-0.2, 0) is 4.74 Å². The minimum atomic E-state index is -0.907. The first-order valence-electron chi connectivity index (χ1n) is 12.0. The predicted octanol–water partition coefficient (Wildman–Crippen LogP) is 6.81. The van der Waals surface area contributed by atoms with Gasteiger partial charge in [-0.05, 0) is 29.3 Å². The van der Waals surface area contributed by atoms with E-state index in [0.29, 0.717) is 16.9 Å². The molecule has 0 amide bonds. The van der Waals surface area contributed by atoms with Gasteiger partial charge in [0.05, 0.1) is 12.0 Å². The van der Waals surface area contributed by atoms with Crippen molar-refractivity contribution in [3.63, 3.8) is 0 Å². The smallest absolute Gasteiger partial charge is 0.507 e. The number of methoxy groups -OCH3 is 1. The number of para-hydroxylation sites is 1. The number of aromatic hydroxyl groups is 1. The van der Waals surface area contributed by atoms with Crippen molar-refractivity contribution in [2.75, 3.05) is 13.7 Å². The molecule has 0 saturated heterocycles. The molecule has 194 valence electrons. The highest BCUT2D eigenvalue weighted by Crippen LogP contribution is 2.38. The fourth-order valence-electron chi connectivity index (χ4n) is 4.30. The van der Waals surface area contributed by atoms with Crippen molar-refractivity contribution in [2.24, 2.45) is 0 Å². The summed E-state index contributed by atoms with van der Waals surface area (Å²) < 4.78 is 15.8. The van der Waals surface area contributed by atoms with Crippen LogP contribution in [0.25, 0.3) is 0 Å². The first kappa shape index (κ1) is 26.2. The fraction of sp³-hybridized carbons (Fsp3) is 0.167. The second kappa shape index (κ2) is 11.9.